The number of benzene rings is 4. The van der Waals surface area contributed by atoms with Gasteiger partial charge in [0.05, 0.1) is 44.9 Å². The molecule has 3 aliphatic rings. The molecule has 0 amide bonds. The van der Waals surface area contributed by atoms with Gasteiger partial charge in [0.2, 0.25) is 0 Å². The van der Waals surface area contributed by atoms with Crippen LogP contribution in [0.5, 0.6) is 0 Å². The first-order valence-corrected chi connectivity index (χ1v) is 35.7. The Hall–Kier alpha value is -8.92. The quantitative estimate of drug-likeness (QED) is 0.122. The third-order valence-corrected chi connectivity index (χ3v) is 23.3. The Labute approximate surface area is 540 Å². The van der Waals surface area contributed by atoms with Crippen molar-refractivity contribution in [2.24, 2.45) is 9.98 Å². The maximum Gasteiger partial charge on any atom is 0.0830 e. The summed E-state index contributed by atoms with van der Waals surface area (Å²) in [6.45, 7) is 0. The smallest absolute Gasteiger partial charge is 0.0830 e. The second-order valence-corrected chi connectivity index (χ2v) is 28.7. The van der Waals surface area contributed by atoms with Gasteiger partial charge in [0.25, 0.3) is 0 Å². The summed E-state index contributed by atoms with van der Waals surface area (Å²) in [6.07, 6.45) is 0. The van der Waals surface area contributed by atoms with Crippen molar-refractivity contribution in [2.75, 3.05) is 0 Å². The molecule has 4 nitrogen and oxygen atoms in total. The van der Waals surface area contributed by atoms with Crippen LogP contribution in [0.25, 0.3) is 86.3 Å². The van der Waals surface area contributed by atoms with Gasteiger partial charge in [0.1, 0.15) is 0 Å². The number of aromatic nitrogens is 2. The molecule has 14 aromatic rings. The molecule has 4 aromatic carbocycles. The Bertz CT molecular complexity index is 4880. The number of nitrogens with zero attached hydrogens (tertiary/aromatic N) is 2. The summed E-state index contributed by atoms with van der Waals surface area (Å²) in [4.78, 5) is 30.9. The van der Waals surface area contributed by atoms with Gasteiger partial charge < -0.3 is 9.97 Å². The molecule has 0 saturated carbocycles. The summed E-state index contributed by atoms with van der Waals surface area (Å²) in [5, 5.41) is 19.6. The third kappa shape index (κ3) is 8.97. The SMILES string of the molecule is c1ccc(C2=C3N=C(C(c4cccs4)=C3c3cccs3)C(c3ccccc3)=c3[nH]c(c(-c4cccs4)c3-c3cccs3)=C(c3ccccc3)C3=NC(=C(c4ccccc4)c4[nH]c2c(-c2cccs2)c4-c2cccs2)C(c2cccs2)=C3c2cccs2)cc1. The van der Waals surface area contributed by atoms with Crippen molar-refractivity contribution in [1.29, 1.82) is 0 Å². The van der Waals surface area contributed by atoms with E-state index < -0.39 is 0 Å². The average molecular weight is 1270 g/mol. The van der Waals surface area contributed by atoms with Crippen LogP contribution in [0.2, 0.25) is 0 Å². The number of aliphatic imine (C=N–C) groups is 2. The van der Waals surface area contributed by atoms with E-state index in [0.717, 1.165) is 173 Å². The first-order chi connectivity index (χ1) is 43.7. The Morgan fingerprint density at radius 2 is 0.477 bits per heavy atom. The Morgan fingerprint density at radius 3 is 0.761 bits per heavy atom. The molecule has 0 radical (unpaired) electrons. The normalized spacial score (nSPS) is 14.3. The van der Waals surface area contributed by atoms with Crippen LogP contribution in [-0.4, -0.2) is 21.4 Å². The number of nitrogens with one attached hydrogen (secondary N) is 2. The molecule has 0 saturated heterocycles. The summed E-state index contributed by atoms with van der Waals surface area (Å²) in [5.41, 5.74) is 22.6. The lowest BCUT2D eigenvalue weighted by atomic mass is 9.88. The molecule has 2 aliphatic heterocycles. The second kappa shape index (κ2) is 22.7. The highest BCUT2D eigenvalue weighted by atomic mass is 32.1. The standard InChI is InChI=1S/C76H46N4S8/c1-5-21-45(22-6-1)57-69-61(49-29-13-37-81-49)63(51-31-15-39-83-51)71(77-69)58(46-23-7-2-8-24-46)73-65(53-33-17-41-85-53)67(55-35-19-43-87-55)75(79-73)60(48-27-11-4-12-28-48)76-68(56-36-20-44-88-56)66(54-34-18-42-86-54)74(80-76)59(47-25-9-3-10-26-47)72-64(52-32-16-40-84-52)62(70(57)78-72)50-30-14-38-82-50/h1-44,77,80H. The molecule has 0 unspecified atom stereocenters. The van der Waals surface area contributed by atoms with Gasteiger partial charge in [-0.05, 0) is 114 Å². The van der Waals surface area contributed by atoms with Crippen molar-refractivity contribution in [2.45, 2.75) is 0 Å². The number of hydrogen-bond donors (Lipinski definition) is 2. The molecule has 8 bridgehead atoms. The van der Waals surface area contributed by atoms with Crippen molar-refractivity contribution in [1.82, 2.24) is 9.97 Å². The van der Waals surface area contributed by atoms with Crippen molar-refractivity contribution >= 4 is 147 Å². The van der Waals surface area contributed by atoms with Gasteiger partial charge in [0.15, 0.2) is 0 Å². The van der Waals surface area contributed by atoms with Gasteiger partial charge in [-0.25, -0.2) is 9.98 Å². The third-order valence-electron chi connectivity index (χ3n) is 16.2. The van der Waals surface area contributed by atoms with Gasteiger partial charge in [-0.3, -0.25) is 0 Å². The molecule has 10 aromatic heterocycles. The average Bonchev–Trinajstić information content (AvgIpc) is 2.43. The molecule has 0 atom stereocenters. The van der Waals surface area contributed by atoms with E-state index in [1.807, 2.05) is 0 Å². The molecule has 12 heterocycles. The summed E-state index contributed by atoms with van der Waals surface area (Å²) in [5.74, 6) is 0. The van der Waals surface area contributed by atoms with E-state index in [-0.39, 0.29) is 0 Å². The van der Waals surface area contributed by atoms with Gasteiger partial charge >= 0.3 is 0 Å². The molecule has 2 N–H and O–H groups in total. The van der Waals surface area contributed by atoms with Crippen molar-refractivity contribution in [3.05, 3.63) is 337 Å². The Balaban J connectivity index is 1.22. The summed E-state index contributed by atoms with van der Waals surface area (Å²) < 4.78 is 0. The van der Waals surface area contributed by atoms with Crippen molar-refractivity contribution in [3.63, 3.8) is 0 Å². The highest BCUT2D eigenvalue weighted by Gasteiger charge is 2.40. The van der Waals surface area contributed by atoms with E-state index in [9.17, 15) is 0 Å². The lowest BCUT2D eigenvalue weighted by molar-refractivity contribution is 1.25. The van der Waals surface area contributed by atoms with Crippen LogP contribution in [0.4, 0.5) is 0 Å². The molecule has 88 heavy (non-hydrogen) atoms. The molecule has 12 heteroatoms. The minimum Gasteiger partial charge on any atom is -0.353 e. The van der Waals surface area contributed by atoms with E-state index in [1.165, 1.54) is 0 Å². The van der Waals surface area contributed by atoms with E-state index in [2.05, 4.69) is 271 Å². The molecule has 0 spiro atoms. The molecule has 17 rings (SSSR count). The van der Waals surface area contributed by atoms with Crippen LogP contribution in [0.3, 0.4) is 0 Å². The predicted octanol–water partition coefficient (Wildman–Crippen LogP) is 21.3. The fourth-order valence-corrected chi connectivity index (χ4v) is 19.0. The maximum absolute atomic E-state index is 6.41. The number of H-pyrrole nitrogens is 2. The number of thiophene rings is 8. The van der Waals surface area contributed by atoms with Crippen LogP contribution in [-0.2, 0) is 0 Å². The summed E-state index contributed by atoms with van der Waals surface area (Å²) in [7, 11) is 0. The second-order valence-electron chi connectivity index (χ2n) is 21.2. The van der Waals surface area contributed by atoms with Crippen LogP contribution in [0.15, 0.2) is 283 Å². The summed E-state index contributed by atoms with van der Waals surface area (Å²) >= 11 is 14.1. The lowest BCUT2D eigenvalue weighted by Crippen LogP contribution is -2.23. The largest absolute Gasteiger partial charge is 0.353 e. The Morgan fingerprint density at radius 1 is 0.216 bits per heavy atom. The van der Waals surface area contributed by atoms with Crippen LogP contribution in [0.1, 0.15) is 53.2 Å². The van der Waals surface area contributed by atoms with E-state index in [0.29, 0.717) is 0 Å². The van der Waals surface area contributed by atoms with Crippen LogP contribution < -0.4 is 10.7 Å². The number of aromatic amines is 2. The Kier molecular flexibility index (Phi) is 13.7. The topological polar surface area (TPSA) is 56.3 Å². The van der Waals surface area contributed by atoms with Crippen LogP contribution in [0, 0.1) is 0 Å². The zero-order valence-electron chi connectivity index (χ0n) is 46.6. The van der Waals surface area contributed by atoms with E-state index in [4.69, 9.17) is 9.98 Å². The number of rotatable bonds is 12. The highest BCUT2D eigenvalue weighted by Crippen LogP contribution is 2.56. The number of allylic oxidation sites excluding steroid dienone is 4. The van der Waals surface area contributed by atoms with Gasteiger partial charge in [-0.15, -0.1) is 90.7 Å². The van der Waals surface area contributed by atoms with E-state index in [1.54, 1.807) is 90.7 Å². The van der Waals surface area contributed by atoms with Crippen molar-refractivity contribution in [3.8, 4) is 41.8 Å². The number of hydrogen-bond acceptors (Lipinski definition) is 10. The summed E-state index contributed by atoms with van der Waals surface area (Å²) in [6, 6.07) is 79.8. The predicted molar refractivity (Wildman–Crippen MR) is 383 cm³/mol. The minimum atomic E-state index is 0.893. The first-order valence-electron chi connectivity index (χ1n) is 28.7. The maximum atomic E-state index is 6.41. The molecule has 418 valence electrons. The zero-order chi connectivity index (χ0) is 58.1. The molecular formula is C76H46N4S8. The fourth-order valence-electron chi connectivity index (χ4n) is 12.7. The fraction of sp³-hybridized carbons (Fsp3) is 0. The minimum absolute atomic E-state index is 0.893. The van der Waals surface area contributed by atoms with Crippen LogP contribution >= 0.6 is 90.7 Å². The highest BCUT2D eigenvalue weighted by molar-refractivity contribution is 7.16. The van der Waals surface area contributed by atoms with Gasteiger partial charge in [0, 0.05) is 106 Å². The van der Waals surface area contributed by atoms with Gasteiger partial charge in [-0.2, -0.15) is 0 Å². The molecule has 0 fully saturated rings. The van der Waals surface area contributed by atoms with Crippen molar-refractivity contribution < 1.29 is 0 Å². The van der Waals surface area contributed by atoms with Gasteiger partial charge in [-0.1, -0.05) is 170 Å². The first kappa shape index (κ1) is 53.3. The lowest BCUT2D eigenvalue weighted by Gasteiger charge is -2.15. The number of fused-ring (bicyclic) bond motifs is 10. The zero-order valence-corrected chi connectivity index (χ0v) is 53.1. The molecular weight excluding hydrogens is 1230 g/mol. The van der Waals surface area contributed by atoms with E-state index >= 15 is 0 Å². The monoisotopic (exact) mass is 1270 g/mol. The molecule has 1 aliphatic carbocycles.